The van der Waals surface area contributed by atoms with Gasteiger partial charge in [0.15, 0.2) is 0 Å². The zero-order valence-corrected chi connectivity index (χ0v) is 9.61. The van der Waals surface area contributed by atoms with Crippen LogP contribution >= 0.6 is 0 Å². The van der Waals surface area contributed by atoms with Crippen molar-refractivity contribution < 1.29 is 19.1 Å². The minimum Gasteiger partial charge on any atom is -0.460 e. The molecule has 0 aromatic heterocycles. The summed E-state index contributed by atoms with van der Waals surface area (Å²) in [5.41, 5.74) is 11.1. The lowest BCUT2D eigenvalue weighted by Crippen LogP contribution is -2.46. The van der Waals surface area contributed by atoms with Crippen molar-refractivity contribution in [2.24, 2.45) is 17.4 Å². The number of benzene rings is 1. The van der Waals surface area contributed by atoms with Crippen LogP contribution in [-0.2, 0) is 25.7 Å². The van der Waals surface area contributed by atoms with Crippen LogP contribution in [-0.4, -0.2) is 24.2 Å². The number of primary amides is 1. The zero-order chi connectivity index (χ0) is 13.5. The van der Waals surface area contributed by atoms with Crippen LogP contribution in [0.2, 0.25) is 0 Å². The molecule has 0 bridgehead atoms. The van der Waals surface area contributed by atoms with Gasteiger partial charge in [-0.2, -0.15) is 0 Å². The third-order valence-corrected chi connectivity index (χ3v) is 2.36. The second-order valence-electron chi connectivity index (χ2n) is 3.68. The van der Waals surface area contributed by atoms with Crippen molar-refractivity contribution in [3.05, 3.63) is 35.9 Å². The van der Waals surface area contributed by atoms with Crippen molar-refractivity contribution in [3.63, 3.8) is 0 Å². The molecule has 6 nitrogen and oxygen atoms in total. The minimum atomic E-state index is -1.37. The van der Waals surface area contributed by atoms with Gasteiger partial charge in [-0.3, -0.25) is 9.59 Å². The van der Waals surface area contributed by atoms with Gasteiger partial charge in [-0.25, -0.2) is 0 Å². The maximum atomic E-state index is 11.5. The monoisotopic (exact) mass is 250 g/mol. The molecule has 96 valence electrons. The van der Waals surface area contributed by atoms with Gasteiger partial charge in [-0.1, -0.05) is 30.3 Å². The molecule has 1 rings (SSSR count). The number of esters is 1. The van der Waals surface area contributed by atoms with Crippen molar-refractivity contribution >= 4 is 18.2 Å². The molecule has 0 saturated carbocycles. The maximum Gasteiger partial charge on any atom is 0.324 e. The fourth-order valence-corrected chi connectivity index (χ4v) is 1.30. The van der Waals surface area contributed by atoms with E-state index in [1.54, 1.807) is 24.3 Å². The van der Waals surface area contributed by atoms with Gasteiger partial charge in [-0.05, 0) is 5.56 Å². The van der Waals surface area contributed by atoms with Gasteiger partial charge in [0, 0.05) is 0 Å². The molecule has 1 aromatic rings. The molecule has 0 aliphatic rings. The molecule has 18 heavy (non-hydrogen) atoms. The Morgan fingerprint density at radius 2 is 1.89 bits per heavy atom. The largest absolute Gasteiger partial charge is 0.460 e. The van der Waals surface area contributed by atoms with Crippen LogP contribution in [0.3, 0.4) is 0 Å². The minimum absolute atomic E-state index is 0.0255. The van der Waals surface area contributed by atoms with Gasteiger partial charge in [0.2, 0.25) is 5.91 Å². The quantitative estimate of drug-likeness (QED) is 0.396. The van der Waals surface area contributed by atoms with Crippen molar-refractivity contribution in [3.8, 4) is 0 Å². The number of aldehydes is 1. The molecule has 0 radical (unpaired) electrons. The van der Waals surface area contributed by atoms with E-state index in [4.69, 9.17) is 16.2 Å². The van der Waals surface area contributed by atoms with Gasteiger partial charge in [0.05, 0.1) is 0 Å². The molecule has 1 amide bonds. The topological polar surface area (TPSA) is 112 Å². The van der Waals surface area contributed by atoms with Crippen molar-refractivity contribution in [2.45, 2.75) is 12.6 Å². The Labute approximate surface area is 104 Å². The molecule has 0 fully saturated rings. The first-order chi connectivity index (χ1) is 8.56. The summed E-state index contributed by atoms with van der Waals surface area (Å²) in [5, 5.41) is 0. The molecule has 2 atom stereocenters. The van der Waals surface area contributed by atoms with Crippen LogP contribution in [0.25, 0.3) is 0 Å². The number of ether oxygens (including phenoxy) is 1. The maximum absolute atomic E-state index is 11.5. The van der Waals surface area contributed by atoms with E-state index in [1.807, 2.05) is 6.07 Å². The van der Waals surface area contributed by atoms with Gasteiger partial charge >= 0.3 is 5.97 Å². The van der Waals surface area contributed by atoms with Gasteiger partial charge in [0.1, 0.15) is 24.9 Å². The lowest BCUT2D eigenvalue weighted by molar-refractivity contribution is -0.150. The molecular weight excluding hydrogens is 236 g/mol. The van der Waals surface area contributed by atoms with Crippen LogP contribution in [0.4, 0.5) is 0 Å². The summed E-state index contributed by atoms with van der Waals surface area (Å²) in [6, 6.07) is 7.58. The first-order valence-corrected chi connectivity index (χ1v) is 5.27. The van der Waals surface area contributed by atoms with E-state index in [0.29, 0.717) is 0 Å². The summed E-state index contributed by atoms with van der Waals surface area (Å²) in [5.74, 6) is -3.16. The third kappa shape index (κ3) is 3.67. The number of amides is 1. The lowest BCUT2D eigenvalue weighted by atomic mass is 10.0. The smallest absolute Gasteiger partial charge is 0.324 e. The van der Waals surface area contributed by atoms with Crippen LogP contribution in [0.1, 0.15) is 5.56 Å². The molecule has 0 heterocycles. The van der Waals surface area contributed by atoms with Crippen molar-refractivity contribution in [2.75, 3.05) is 0 Å². The lowest BCUT2D eigenvalue weighted by Gasteiger charge is -2.14. The molecule has 1 aromatic carbocycles. The summed E-state index contributed by atoms with van der Waals surface area (Å²) >= 11 is 0. The third-order valence-electron chi connectivity index (χ3n) is 2.36. The molecule has 4 N–H and O–H groups in total. The highest BCUT2D eigenvalue weighted by Gasteiger charge is 2.30. The summed E-state index contributed by atoms with van der Waals surface area (Å²) < 4.78 is 4.89. The molecule has 1 unspecified atom stereocenters. The highest BCUT2D eigenvalue weighted by Crippen LogP contribution is 2.04. The fourth-order valence-electron chi connectivity index (χ4n) is 1.30. The Morgan fingerprint density at radius 3 is 2.39 bits per heavy atom. The molecular formula is C12H14N2O4. The number of carbonyl (C=O) groups excluding carboxylic acids is 3. The van der Waals surface area contributed by atoms with Crippen molar-refractivity contribution in [1.82, 2.24) is 0 Å². The predicted molar refractivity (Wildman–Crippen MR) is 63.0 cm³/mol. The fraction of sp³-hybridized carbons (Fsp3) is 0.250. The average molecular weight is 250 g/mol. The van der Waals surface area contributed by atoms with E-state index in [1.165, 1.54) is 0 Å². The predicted octanol–water partition coefficient (Wildman–Crippen LogP) is -0.642. The van der Waals surface area contributed by atoms with E-state index in [2.05, 4.69) is 0 Å². The first-order valence-electron chi connectivity index (χ1n) is 5.27. The van der Waals surface area contributed by atoms with Gasteiger partial charge in [-0.15, -0.1) is 0 Å². The molecule has 0 saturated heterocycles. The summed E-state index contributed by atoms with van der Waals surface area (Å²) in [6.45, 7) is 0.0255. The van der Waals surface area contributed by atoms with Gasteiger partial charge in [0.25, 0.3) is 0 Å². The first kappa shape index (κ1) is 13.9. The second-order valence-corrected chi connectivity index (χ2v) is 3.68. The van der Waals surface area contributed by atoms with Crippen LogP contribution in [0, 0.1) is 5.92 Å². The van der Waals surface area contributed by atoms with E-state index < -0.39 is 23.8 Å². The summed E-state index contributed by atoms with van der Waals surface area (Å²) in [7, 11) is 0. The average Bonchev–Trinajstić information content (AvgIpc) is 2.37. The Bertz CT molecular complexity index is 433. The highest BCUT2D eigenvalue weighted by atomic mass is 16.5. The molecule has 0 aliphatic carbocycles. The molecule has 0 aliphatic heterocycles. The number of nitrogens with two attached hydrogens (primary N) is 2. The number of hydrogen-bond donors (Lipinski definition) is 2. The Morgan fingerprint density at radius 1 is 1.28 bits per heavy atom. The second kappa shape index (κ2) is 6.51. The normalized spacial score (nSPS) is 13.4. The van der Waals surface area contributed by atoms with E-state index in [9.17, 15) is 14.4 Å². The van der Waals surface area contributed by atoms with E-state index in [-0.39, 0.29) is 12.9 Å². The number of hydrogen-bond acceptors (Lipinski definition) is 5. The van der Waals surface area contributed by atoms with Crippen LogP contribution < -0.4 is 11.5 Å². The Kier molecular flexibility index (Phi) is 5.01. The van der Waals surface area contributed by atoms with Gasteiger partial charge < -0.3 is 21.0 Å². The van der Waals surface area contributed by atoms with Crippen LogP contribution in [0.5, 0.6) is 0 Å². The SMILES string of the molecule is NC(=O)C(C=O)[C@H](N)C(=O)OCc1ccccc1. The standard InChI is InChI=1S/C12H14N2O4/c13-10(9(6-15)11(14)16)12(17)18-7-8-4-2-1-3-5-8/h1-6,9-10H,7,13H2,(H2,14,16)/t9?,10-/m0/s1. The number of rotatable bonds is 6. The van der Waals surface area contributed by atoms with E-state index in [0.717, 1.165) is 5.56 Å². The number of carbonyl (C=O) groups is 3. The summed E-state index contributed by atoms with van der Waals surface area (Å²) in [4.78, 5) is 32.9. The van der Waals surface area contributed by atoms with Crippen molar-refractivity contribution in [1.29, 1.82) is 0 Å². The van der Waals surface area contributed by atoms with E-state index >= 15 is 0 Å². The molecule has 6 heteroatoms. The Balaban J connectivity index is 2.55. The van der Waals surface area contributed by atoms with Crippen LogP contribution in [0.15, 0.2) is 30.3 Å². The molecule has 0 spiro atoms. The summed E-state index contributed by atoms with van der Waals surface area (Å²) in [6.07, 6.45) is 0.247. The highest BCUT2D eigenvalue weighted by molar-refractivity contribution is 5.96. The Hall–Kier alpha value is -2.21. The zero-order valence-electron chi connectivity index (χ0n) is 9.61.